The zero-order chi connectivity index (χ0) is 20.9. The Kier molecular flexibility index (Phi) is 6.40. The van der Waals surface area contributed by atoms with E-state index in [1.807, 2.05) is 30.3 Å². The van der Waals surface area contributed by atoms with E-state index in [9.17, 15) is 0 Å². The summed E-state index contributed by atoms with van der Waals surface area (Å²) in [5.41, 5.74) is 3.26. The van der Waals surface area contributed by atoms with Gasteiger partial charge in [-0.2, -0.15) is 0 Å². The van der Waals surface area contributed by atoms with Gasteiger partial charge >= 0.3 is 0 Å². The Labute approximate surface area is 181 Å². The van der Waals surface area contributed by atoms with E-state index in [0.29, 0.717) is 0 Å². The second-order valence-electron chi connectivity index (χ2n) is 7.15. The number of benzene rings is 2. The standard InChI is InChI=1S/C23H27N3O3S/c1-27-18-8-9-19(22(14-18)29-3)23-24-17(16-30-23)15-25-10-12-26(13-11-25)20-6-4-5-7-21(20)28-2/h4-9,14,16H,10-13,15H2,1-3H3. The van der Waals surface area contributed by atoms with Crippen LogP contribution in [0.2, 0.25) is 0 Å². The summed E-state index contributed by atoms with van der Waals surface area (Å²) < 4.78 is 16.3. The highest BCUT2D eigenvalue weighted by atomic mass is 32.1. The number of nitrogens with zero attached hydrogens (tertiary/aromatic N) is 3. The van der Waals surface area contributed by atoms with Crippen molar-refractivity contribution in [3.63, 3.8) is 0 Å². The van der Waals surface area contributed by atoms with Crippen LogP contribution < -0.4 is 19.1 Å². The van der Waals surface area contributed by atoms with Gasteiger partial charge in [-0.1, -0.05) is 12.1 Å². The maximum atomic E-state index is 5.53. The summed E-state index contributed by atoms with van der Waals surface area (Å²) in [5, 5.41) is 3.11. The first kappa shape index (κ1) is 20.5. The van der Waals surface area contributed by atoms with Gasteiger partial charge in [-0.05, 0) is 24.3 Å². The maximum absolute atomic E-state index is 5.53. The summed E-state index contributed by atoms with van der Waals surface area (Å²) >= 11 is 1.65. The van der Waals surface area contributed by atoms with E-state index >= 15 is 0 Å². The van der Waals surface area contributed by atoms with Gasteiger partial charge in [-0.15, -0.1) is 11.3 Å². The minimum Gasteiger partial charge on any atom is -0.497 e. The average Bonchev–Trinajstić information content (AvgIpc) is 3.27. The van der Waals surface area contributed by atoms with E-state index in [2.05, 4.69) is 27.3 Å². The molecule has 7 heteroatoms. The fourth-order valence-electron chi connectivity index (χ4n) is 3.75. The second-order valence-corrected chi connectivity index (χ2v) is 8.00. The van der Waals surface area contributed by atoms with Crippen LogP contribution in [-0.4, -0.2) is 57.4 Å². The van der Waals surface area contributed by atoms with Crippen molar-refractivity contribution in [2.75, 3.05) is 52.4 Å². The molecular weight excluding hydrogens is 398 g/mol. The fraction of sp³-hybridized carbons (Fsp3) is 0.348. The van der Waals surface area contributed by atoms with Crippen molar-refractivity contribution in [1.29, 1.82) is 0 Å². The highest BCUT2D eigenvalue weighted by molar-refractivity contribution is 7.13. The molecule has 1 aliphatic heterocycles. The molecule has 0 bridgehead atoms. The zero-order valence-corrected chi connectivity index (χ0v) is 18.4. The number of anilines is 1. The molecule has 1 aliphatic rings. The van der Waals surface area contributed by atoms with E-state index < -0.39 is 0 Å². The van der Waals surface area contributed by atoms with Crippen LogP contribution in [0.25, 0.3) is 10.6 Å². The van der Waals surface area contributed by atoms with E-state index in [1.54, 1.807) is 32.7 Å². The topological polar surface area (TPSA) is 47.1 Å². The smallest absolute Gasteiger partial charge is 0.142 e. The third-order valence-electron chi connectivity index (χ3n) is 5.37. The molecule has 0 atom stereocenters. The molecule has 2 aromatic carbocycles. The van der Waals surface area contributed by atoms with Crippen molar-refractivity contribution in [3.05, 3.63) is 53.5 Å². The van der Waals surface area contributed by atoms with Gasteiger partial charge in [0.2, 0.25) is 0 Å². The lowest BCUT2D eigenvalue weighted by molar-refractivity contribution is 0.247. The number of ether oxygens (including phenoxy) is 3. The summed E-state index contributed by atoms with van der Waals surface area (Å²) in [4.78, 5) is 9.71. The van der Waals surface area contributed by atoms with Gasteiger partial charge in [0.25, 0.3) is 0 Å². The molecule has 30 heavy (non-hydrogen) atoms. The van der Waals surface area contributed by atoms with Crippen LogP contribution in [0.4, 0.5) is 5.69 Å². The molecule has 3 aromatic rings. The van der Waals surface area contributed by atoms with E-state index in [0.717, 1.165) is 66.2 Å². The summed E-state index contributed by atoms with van der Waals surface area (Å²) in [7, 11) is 5.06. The lowest BCUT2D eigenvalue weighted by atomic mass is 10.2. The molecule has 0 spiro atoms. The Morgan fingerprint density at radius 1 is 0.900 bits per heavy atom. The lowest BCUT2D eigenvalue weighted by Gasteiger charge is -2.36. The number of thiazole rings is 1. The number of methoxy groups -OCH3 is 3. The minimum atomic E-state index is 0.778. The quantitative estimate of drug-likeness (QED) is 0.567. The van der Waals surface area contributed by atoms with Crippen LogP contribution in [0.1, 0.15) is 5.69 Å². The summed E-state index contributed by atoms with van der Waals surface area (Å²) in [6.07, 6.45) is 0. The van der Waals surface area contributed by atoms with Crippen LogP contribution in [0, 0.1) is 0 Å². The first-order valence-corrected chi connectivity index (χ1v) is 10.9. The molecule has 0 amide bonds. The number of hydrogen-bond acceptors (Lipinski definition) is 7. The number of piperazine rings is 1. The Balaban J connectivity index is 1.40. The molecule has 4 rings (SSSR count). The minimum absolute atomic E-state index is 0.778. The van der Waals surface area contributed by atoms with Gasteiger partial charge in [-0.3, -0.25) is 4.90 Å². The Hall–Kier alpha value is -2.77. The number of aromatic nitrogens is 1. The maximum Gasteiger partial charge on any atom is 0.142 e. The van der Waals surface area contributed by atoms with Crippen molar-refractivity contribution in [2.45, 2.75) is 6.54 Å². The van der Waals surface area contributed by atoms with Crippen LogP contribution in [0.5, 0.6) is 17.2 Å². The SMILES string of the molecule is COc1ccc(-c2nc(CN3CCN(c4ccccc4OC)CC3)cs2)c(OC)c1. The molecule has 1 aromatic heterocycles. The largest absolute Gasteiger partial charge is 0.497 e. The van der Waals surface area contributed by atoms with Crippen LogP contribution in [-0.2, 0) is 6.54 Å². The second kappa shape index (κ2) is 9.36. The Morgan fingerprint density at radius 3 is 2.40 bits per heavy atom. The third-order valence-corrected chi connectivity index (χ3v) is 6.30. The van der Waals surface area contributed by atoms with E-state index in [-0.39, 0.29) is 0 Å². The normalized spacial score (nSPS) is 14.6. The number of rotatable bonds is 7. The predicted octanol–water partition coefficient (Wildman–Crippen LogP) is 4.16. The van der Waals surface area contributed by atoms with Crippen molar-refractivity contribution >= 4 is 17.0 Å². The lowest BCUT2D eigenvalue weighted by Crippen LogP contribution is -2.46. The molecule has 1 saturated heterocycles. The molecule has 0 aliphatic carbocycles. The van der Waals surface area contributed by atoms with Gasteiger partial charge < -0.3 is 19.1 Å². The van der Waals surface area contributed by atoms with Crippen LogP contribution in [0.15, 0.2) is 47.8 Å². The third kappa shape index (κ3) is 4.37. The molecule has 0 saturated carbocycles. The monoisotopic (exact) mass is 425 g/mol. The molecule has 6 nitrogen and oxygen atoms in total. The van der Waals surface area contributed by atoms with Gasteiger partial charge in [0, 0.05) is 44.2 Å². The Bertz CT molecular complexity index is 983. The van der Waals surface area contributed by atoms with Crippen molar-refractivity contribution < 1.29 is 14.2 Å². The predicted molar refractivity (Wildman–Crippen MR) is 121 cm³/mol. The van der Waals surface area contributed by atoms with Gasteiger partial charge in [0.05, 0.1) is 38.3 Å². The molecule has 1 fully saturated rings. The van der Waals surface area contributed by atoms with Crippen molar-refractivity contribution in [1.82, 2.24) is 9.88 Å². The van der Waals surface area contributed by atoms with Gasteiger partial charge in [0.1, 0.15) is 22.3 Å². The average molecular weight is 426 g/mol. The highest BCUT2D eigenvalue weighted by Gasteiger charge is 2.20. The number of para-hydroxylation sites is 2. The first-order chi connectivity index (χ1) is 14.7. The highest BCUT2D eigenvalue weighted by Crippen LogP contribution is 2.35. The van der Waals surface area contributed by atoms with Crippen molar-refractivity contribution in [3.8, 4) is 27.8 Å². The molecule has 0 unspecified atom stereocenters. The molecule has 158 valence electrons. The molecule has 0 N–H and O–H groups in total. The van der Waals surface area contributed by atoms with Gasteiger partial charge in [-0.25, -0.2) is 4.98 Å². The van der Waals surface area contributed by atoms with E-state index in [1.165, 1.54) is 5.69 Å². The summed E-state index contributed by atoms with van der Waals surface area (Å²) in [6, 6.07) is 14.1. The Morgan fingerprint density at radius 2 is 1.67 bits per heavy atom. The molecule has 2 heterocycles. The molecular formula is C23H27N3O3S. The van der Waals surface area contributed by atoms with Crippen LogP contribution in [0.3, 0.4) is 0 Å². The fourth-order valence-corrected chi connectivity index (χ4v) is 4.59. The molecule has 0 radical (unpaired) electrons. The van der Waals surface area contributed by atoms with Crippen LogP contribution >= 0.6 is 11.3 Å². The summed E-state index contributed by atoms with van der Waals surface area (Å²) in [5.74, 6) is 2.49. The first-order valence-electron chi connectivity index (χ1n) is 9.99. The summed E-state index contributed by atoms with van der Waals surface area (Å²) in [6.45, 7) is 4.80. The van der Waals surface area contributed by atoms with Gasteiger partial charge in [0.15, 0.2) is 0 Å². The zero-order valence-electron chi connectivity index (χ0n) is 17.6. The van der Waals surface area contributed by atoms with Crippen molar-refractivity contribution in [2.24, 2.45) is 0 Å². The van der Waals surface area contributed by atoms with E-state index in [4.69, 9.17) is 19.2 Å². The number of hydrogen-bond donors (Lipinski definition) is 0.